The van der Waals surface area contributed by atoms with E-state index in [9.17, 15) is 9.90 Å². The van der Waals surface area contributed by atoms with Gasteiger partial charge in [0.15, 0.2) is 0 Å². The third-order valence-electron chi connectivity index (χ3n) is 3.90. The van der Waals surface area contributed by atoms with Gasteiger partial charge in [-0.3, -0.25) is 4.79 Å². The average molecular weight is 288 g/mol. The lowest BCUT2D eigenvalue weighted by Gasteiger charge is -2.14. The highest BCUT2D eigenvalue weighted by Gasteiger charge is 2.13. The summed E-state index contributed by atoms with van der Waals surface area (Å²) in [7, 11) is 0. The first-order valence-corrected chi connectivity index (χ1v) is 7.50. The van der Waals surface area contributed by atoms with Crippen LogP contribution in [-0.2, 0) is 11.2 Å². The smallest absolute Gasteiger partial charge is 0.224 e. The summed E-state index contributed by atoms with van der Waals surface area (Å²) in [6.07, 6.45) is 0.601. The summed E-state index contributed by atoms with van der Waals surface area (Å²) < 4.78 is 0. The summed E-state index contributed by atoms with van der Waals surface area (Å²) in [5, 5.41) is 13.7. The zero-order valence-corrected chi connectivity index (χ0v) is 12.9. The van der Waals surface area contributed by atoms with E-state index in [0.717, 1.165) is 22.2 Å². The highest BCUT2D eigenvalue weighted by atomic mass is 16.3. The van der Waals surface area contributed by atoms with Gasteiger partial charge in [0.05, 0.1) is 12.5 Å². The van der Waals surface area contributed by atoms with Gasteiger partial charge in [-0.15, -0.1) is 0 Å². The van der Waals surface area contributed by atoms with Crippen LogP contribution in [0, 0.1) is 12.8 Å². The largest absolute Gasteiger partial charge is 0.393 e. The molecule has 1 aromatic heterocycles. The topological polar surface area (TPSA) is 65.1 Å². The van der Waals surface area contributed by atoms with Gasteiger partial charge in [-0.25, -0.2) is 0 Å². The Morgan fingerprint density at radius 2 is 2.05 bits per heavy atom. The number of aliphatic hydroxyl groups excluding tert-OH is 1. The number of amides is 1. The van der Waals surface area contributed by atoms with Gasteiger partial charge < -0.3 is 15.4 Å². The van der Waals surface area contributed by atoms with Gasteiger partial charge in [0.25, 0.3) is 0 Å². The summed E-state index contributed by atoms with van der Waals surface area (Å²) in [4.78, 5) is 15.4. The number of aryl methyl sites for hydroxylation is 1. The van der Waals surface area contributed by atoms with E-state index in [0.29, 0.717) is 19.4 Å². The Morgan fingerprint density at radius 3 is 2.76 bits per heavy atom. The zero-order chi connectivity index (χ0) is 15.4. The SMILES string of the molecule is Cc1[nH]c2ccccc2c1CC(=O)NCCC(O)C(C)C. The molecule has 1 amide bonds. The molecule has 1 aromatic carbocycles. The summed E-state index contributed by atoms with van der Waals surface area (Å²) in [5.74, 6) is 0.219. The van der Waals surface area contributed by atoms with Crippen molar-refractivity contribution in [2.24, 2.45) is 5.92 Å². The summed E-state index contributed by atoms with van der Waals surface area (Å²) in [6, 6.07) is 8.01. The second-order valence-corrected chi connectivity index (χ2v) is 5.90. The van der Waals surface area contributed by atoms with E-state index in [1.807, 2.05) is 45.0 Å². The lowest BCUT2D eigenvalue weighted by atomic mass is 10.0. The third-order valence-corrected chi connectivity index (χ3v) is 3.90. The standard InChI is InChI=1S/C17H24N2O2/c1-11(2)16(20)8-9-18-17(21)10-14-12(3)19-15-7-5-4-6-13(14)15/h4-7,11,16,19-20H,8-10H2,1-3H3,(H,18,21). The monoisotopic (exact) mass is 288 g/mol. The molecule has 4 nitrogen and oxygen atoms in total. The van der Waals surface area contributed by atoms with Gasteiger partial charge in [-0.05, 0) is 30.9 Å². The first kappa shape index (κ1) is 15.6. The number of nitrogens with one attached hydrogen (secondary N) is 2. The van der Waals surface area contributed by atoms with Crippen LogP contribution in [0.5, 0.6) is 0 Å². The van der Waals surface area contributed by atoms with Gasteiger partial charge in [-0.2, -0.15) is 0 Å². The van der Waals surface area contributed by atoms with Crippen molar-refractivity contribution in [1.29, 1.82) is 0 Å². The Balaban J connectivity index is 1.94. The van der Waals surface area contributed by atoms with Crippen LogP contribution in [0.2, 0.25) is 0 Å². The van der Waals surface area contributed by atoms with Crippen molar-refractivity contribution < 1.29 is 9.90 Å². The lowest BCUT2D eigenvalue weighted by molar-refractivity contribution is -0.120. The molecule has 0 fully saturated rings. The van der Waals surface area contributed by atoms with E-state index in [-0.39, 0.29) is 17.9 Å². The van der Waals surface area contributed by atoms with Crippen LogP contribution >= 0.6 is 0 Å². The highest BCUT2D eigenvalue weighted by Crippen LogP contribution is 2.22. The predicted molar refractivity (Wildman–Crippen MR) is 85.2 cm³/mol. The Bertz CT molecular complexity index is 616. The van der Waals surface area contributed by atoms with Crippen molar-refractivity contribution in [3.05, 3.63) is 35.5 Å². The number of hydrogen-bond acceptors (Lipinski definition) is 2. The molecule has 1 heterocycles. The molecule has 1 atom stereocenters. The van der Waals surface area contributed by atoms with Gasteiger partial charge in [0.2, 0.25) is 5.91 Å². The van der Waals surface area contributed by atoms with Crippen LogP contribution in [0.1, 0.15) is 31.5 Å². The number of aromatic amines is 1. The molecule has 2 aromatic rings. The van der Waals surface area contributed by atoms with Gasteiger partial charge in [0, 0.05) is 23.1 Å². The number of carbonyl (C=O) groups excluding carboxylic acids is 1. The number of aromatic nitrogens is 1. The van der Waals surface area contributed by atoms with Crippen molar-refractivity contribution in [1.82, 2.24) is 10.3 Å². The second-order valence-electron chi connectivity index (χ2n) is 5.90. The van der Waals surface area contributed by atoms with E-state index in [1.54, 1.807) is 0 Å². The van der Waals surface area contributed by atoms with Gasteiger partial charge >= 0.3 is 0 Å². The molecule has 0 aliphatic rings. The maximum atomic E-state index is 12.1. The number of fused-ring (bicyclic) bond motifs is 1. The first-order chi connectivity index (χ1) is 9.99. The summed E-state index contributed by atoms with van der Waals surface area (Å²) >= 11 is 0. The maximum absolute atomic E-state index is 12.1. The number of para-hydroxylation sites is 1. The van der Waals surface area contributed by atoms with Crippen LogP contribution in [0.4, 0.5) is 0 Å². The third kappa shape index (κ3) is 3.85. The van der Waals surface area contributed by atoms with E-state index in [1.165, 1.54) is 0 Å². The predicted octanol–water partition coefficient (Wildman–Crippen LogP) is 2.54. The summed E-state index contributed by atoms with van der Waals surface area (Å²) in [5.41, 5.74) is 3.15. The van der Waals surface area contributed by atoms with Crippen molar-refractivity contribution >= 4 is 16.8 Å². The minimum Gasteiger partial charge on any atom is -0.393 e. The van der Waals surface area contributed by atoms with Crippen molar-refractivity contribution in [2.45, 2.75) is 39.7 Å². The minimum atomic E-state index is -0.361. The number of aliphatic hydroxyl groups is 1. The summed E-state index contributed by atoms with van der Waals surface area (Å²) in [6.45, 7) is 6.45. The van der Waals surface area contributed by atoms with E-state index >= 15 is 0 Å². The number of carbonyl (C=O) groups is 1. The molecule has 0 spiro atoms. The fourth-order valence-corrected chi connectivity index (χ4v) is 2.48. The van der Waals surface area contributed by atoms with Crippen LogP contribution in [0.3, 0.4) is 0 Å². The molecule has 0 aliphatic heterocycles. The molecule has 0 saturated heterocycles. The molecule has 0 aliphatic carbocycles. The van der Waals surface area contributed by atoms with Crippen LogP contribution in [0.25, 0.3) is 10.9 Å². The molecule has 0 bridgehead atoms. The maximum Gasteiger partial charge on any atom is 0.224 e. The first-order valence-electron chi connectivity index (χ1n) is 7.50. The molecular weight excluding hydrogens is 264 g/mol. The number of benzene rings is 1. The Labute approximate surface area is 125 Å². The fraction of sp³-hybridized carbons (Fsp3) is 0.471. The Morgan fingerprint density at radius 1 is 1.33 bits per heavy atom. The molecule has 114 valence electrons. The second kappa shape index (κ2) is 6.76. The molecule has 2 rings (SSSR count). The fourth-order valence-electron chi connectivity index (χ4n) is 2.48. The van der Waals surface area contributed by atoms with Crippen LogP contribution < -0.4 is 5.32 Å². The van der Waals surface area contributed by atoms with Gasteiger partial charge in [-0.1, -0.05) is 32.0 Å². The van der Waals surface area contributed by atoms with E-state index < -0.39 is 0 Å². The Hall–Kier alpha value is -1.81. The number of rotatable bonds is 6. The normalized spacial score (nSPS) is 12.8. The van der Waals surface area contributed by atoms with Crippen LogP contribution in [0.15, 0.2) is 24.3 Å². The Kier molecular flexibility index (Phi) is 5.02. The van der Waals surface area contributed by atoms with E-state index in [4.69, 9.17) is 0 Å². The minimum absolute atomic E-state index is 0.00110. The van der Waals surface area contributed by atoms with Crippen molar-refractivity contribution in [3.63, 3.8) is 0 Å². The molecule has 1 unspecified atom stereocenters. The molecular formula is C17H24N2O2. The molecule has 0 saturated carbocycles. The molecule has 4 heteroatoms. The van der Waals surface area contributed by atoms with E-state index in [2.05, 4.69) is 10.3 Å². The highest BCUT2D eigenvalue weighted by molar-refractivity contribution is 5.90. The zero-order valence-electron chi connectivity index (χ0n) is 12.9. The molecule has 0 radical (unpaired) electrons. The quantitative estimate of drug-likeness (QED) is 0.765. The molecule has 3 N–H and O–H groups in total. The number of hydrogen-bond donors (Lipinski definition) is 3. The van der Waals surface area contributed by atoms with Crippen molar-refractivity contribution in [2.75, 3.05) is 6.54 Å². The lowest BCUT2D eigenvalue weighted by Crippen LogP contribution is -2.29. The van der Waals surface area contributed by atoms with Crippen molar-refractivity contribution in [3.8, 4) is 0 Å². The number of H-pyrrole nitrogens is 1. The molecule has 21 heavy (non-hydrogen) atoms. The van der Waals surface area contributed by atoms with Crippen LogP contribution in [-0.4, -0.2) is 28.6 Å². The average Bonchev–Trinajstić information content (AvgIpc) is 2.75. The van der Waals surface area contributed by atoms with Gasteiger partial charge in [0.1, 0.15) is 0 Å².